The molecule has 1 aromatic heterocycles. The van der Waals surface area contributed by atoms with Crippen molar-refractivity contribution in [1.82, 2.24) is 9.88 Å². The largest absolute Gasteiger partial charge is 0.573 e. The maximum absolute atomic E-state index is 13.6. The molecule has 2 heterocycles. The van der Waals surface area contributed by atoms with Gasteiger partial charge in [-0.05, 0) is 73.5 Å². The molecule has 0 aliphatic carbocycles. The number of rotatable bonds is 7. The summed E-state index contributed by atoms with van der Waals surface area (Å²) in [5.74, 6) is -0.723. The molecule has 2 atom stereocenters. The zero-order chi connectivity index (χ0) is 28.4. The number of hydrogen-bond acceptors (Lipinski definition) is 5. The van der Waals surface area contributed by atoms with Crippen LogP contribution in [-0.4, -0.2) is 41.8 Å². The van der Waals surface area contributed by atoms with E-state index in [9.17, 15) is 31.1 Å². The molecule has 0 unspecified atom stereocenters. The number of ether oxygens (including phenoxy) is 1. The topological polar surface area (TPSA) is 69.5 Å². The smallest absolute Gasteiger partial charge is 0.406 e. The third kappa shape index (κ3) is 6.67. The maximum atomic E-state index is 13.6. The van der Waals surface area contributed by atoms with Crippen molar-refractivity contribution in [3.8, 4) is 11.8 Å². The first-order valence-electron chi connectivity index (χ1n) is 11.8. The Kier molecular flexibility index (Phi) is 7.83. The van der Waals surface area contributed by atoms with Crippen molar-refractivity contribution in [3.63, 3.8) is 0 Å². The van der Waals surface area contributed by atoms with E-state index in [4.69, 9.17) is 5.26 Å². The summed E-state index contributed by atoms with van der Waals surface area (Å²) < 4.78 is 80.9. The van der Waals surface area contributed by atoms with Gasteiger partial charge in [-0.1, -0.05) is 18.2 Å². The predicted octanol–water partition coefficient (Wildman–Crippen LogP) is 5.89. The molecular weight excluding hydrogens is 526 g/mol. The summed E-state index contributed by atoms with van der Waals surface area (Å²) >= 11 is 0. The number of likely N-dealkylation sites (N-methyl/N-ethyl adjacent to an activating group) is 1. The minimum Gasteiger partial charge on any atom is -0.406 e. The van der Waals surface area contributed by atoms with Crippen LogP contribution in [0.4, 0.5) is 32.0 Å². The van der Waals surface area contributed by atoms with E-state index in [0.717, 1.165) is 12.3 Å². The molecule has 2 aromatic carbocycles. The number of benzene rings is 2. The van der Waals surface area contributed by atoms with Crippen LogP contribution in [0.1, 0.15) is 34.8 Å². The summed E-state index contributed by atoms with van der Waals surface area (Å²) in [6.07, 6.45) is -7.73. The molecule has 12 heteroatoms. The van der Waals surface area contributed by atoms with E-state index in [-0.39, 0.29) is 12.3 Å². The number of nitrogens with zero attached hydrogens (tertiary/aromatic N) is 4. The standard InChI is InChI=1S/C27H22F6N4O2/c1-36(12-11-18-7-10-24(35-16-18)26(28,29)30)23-14-22(19-3-2-4-21(13-19)39-27(31,32)33)37(25(23)38)20-8-5-17(15-34)6-9-20/h2-10,13,16,22-23H,11-12,14H2,1H3/t22-,23-/m1/s1. The van der Waals surface area contributed by atoms with Gasteiger partial charge in [0.15, 0.2) is 0 Å². The van der Waals surface area contributed by atoms with Crippen LogP contribution in [0.15, 0.2) is 66.9 Å². The van der Waals surface area contributed by atoms with Crippen LogP contribution in [0.2, 0.25) is 0 Å². The Balaban J connectivity index is 1.57. The molecule has 204 valence electrons. The van der Waals surface area contributed by atoms with Crippen molar-refractivity contribution in [2.75, 3.05) is 18.5 Å². The van der Waals surface area contributed by atoms with Gasteiger partial charge < -0.3 is 9.64 Å². The number of halogens is 6. The highest BCUT2D eigenvalue weighted by molar-refractivity contribution is 6.00. The molecule has 1 aliphatic heterocycles. The van der Waals surface area contributed by atoms with E-state index < -0.39 is 36.1 Å². The molecule has 1 aliphatic rings. The average molecular weight is 548 g/mol. The normalized spacial score (nSPS) is 17.9. The first kappa shape index (κ1) is 27.9. The summed E-state index contributed by atoms with van der Waals surface area (Å²) in [5, 5.41) is 9.12. The summed E-state index contributed by atoms with van der Waals surface area (Å²) in [6.45, 7) is 0.314. The van der Waals surface area contributed by atoms with Crippen molar-refractivity contribution in [1.29, 1.82) is 5.26 Å². The highest BCUT2D eigenvalue weighted by Gasteiger charge is 2.43. The van der Waals surface area contributed by atoms with Crippen molar-refractivity contribution in [2.45, 2.75) is 37.5 Å². The Morgan fingerprint density at radius 1 is 1.08 bits per heavy atom. The Bertz CT molecular complexity index is 1350. The Morgan fingerprint density at radius 3 is 2.38 bits per heavy atom. The van der Waals surface area contributed by atoms with E-state index in [0.29, 0.717) is 35.3 Å². The second-order valence-corrected chi connectivity index (χ2v) is 9.03. The number of pyridine rings is 1. The summed E-state index contributed by atoms with van der Waals surface area (Å²) in [7, 11) is 1.70. The number of carbonyl (C=O) groups is 1. The van der Waals surface area contributed by atoms with Crippen LogP contribution >= 0.6 is 0 Å². The second-order valence-electron chi connectivity index (χ2n) is 9.03. The van der Waals surface area contributed by atoms with Gasteiger partial charge in [0, 0.05) is 18.4 Å². The lowest BCUT2D eigenvalue weighted by Crippen LogP contribution is -2.40. The van der Waals surface area contributed by atoms with Crippen LogP contribution in [0, 0.1) is 11.3 Å². The highest BCUT2D eigenvalue weighted by atomic mass is 19.4. The predicted molar refractivity (Wildman–Crippen MR) is 128 cm³/mol. The Hall–Kier alpha value is -4.11. The van der Waals surface area contributed by atoms with Crippen molar-refractivity contribution in [3.05, 3.63) is 89.2 Å². The van der Waals surface area contributed by atoms with Gasteiger partial charge in [-0.25, -0.2) is 0 Å². The van der Waals surface area contributed by atoms with E-state index in [1.807, 2.05) is 6.07 Å². The minimum absolute atomic E-state index is 0.232. The van der Waals surface area contributed by atoms with E-state index in [2.05, 4.69) is 9.72 Å². The number of anilines is 1. The number of amides is 1. The first-order valence-corrected chi connectivity index (χ1v) is 11.8. The molecule has 3 aromatic rings. The maximum Gasteiger partial charge on any atom is 0.573 e. The fourth-order valence-corrected chi connectivity index (χ4v) is 4.51. The molecule has 1 saturated heterocycles. The number of carbonyl (C=O) groups excluding carboxylic acids is 1. The number of hydrogen-bond donors (Lipinski definition) is 0. The zero-order valence-corrected chi connectivity index (χ0v) is 20.5. The molecular formula is C27H22F6N4O2. The van der Waals surface area contributed by atoms with Crippen LogP contribution < -0.4 is 9.64 Å². The van der Waals surface area contributed by atoms with Crippen LogP contribution in [0.5, 0.6) is 5.75 Å². The monoisotopic (exact) mass is 548 g/mol. The highest BCUT2D eigenvalue weighted by Crippen LogP contribution is 2.40. The van der Waals surface area contributed by atoms with Gasteiger partial charge in [-0.15, -0.1) is 13.2 Å². The van der Waals surface area contributed by atoms with Gasteiger partial charge >= 0.3 is 12.5 Å². The Labute approximate surface area is 220 Å². The third-order valence-corrected chi connectivity index (χ3v) is 6.43. The summed E-state index contributed by atoms with van der Waals surface area (Å²) in [6, 6.07) is 14.6. The zero-order valence-electron chi connectivity index (χ0n) is 20.5. The molecule has 0 spiro atoms. The molecule has 1 amide bonds. The molecule has 4 rings (SSSR count). The van der Waals surface area contributed by atoms with Gasteiger partial charge in [0.2, 0.25) is 5.91 Å². The Morgan fingerprint density at radius 2 is 1.79 bits per heavy atom. The van der Waals surface area contributed by atoms with Gasteiger partial charge in [-0.2, -0.15) is 18.4 Å². The van der Waals surface area contributed by atoms with Gasteiger partial charge in [0.25, 0.3) is 0 Å². The van der Waals surface area contributed by atoms with Crippen molar-refractivity contribution < 1.29 is 35.9 Å². The lowest BCUT2D eigenvalue weighted by molar-refractivity contribution is -0.274. The van der Waals surface area contributed by atoms with Crippen LogP contribution in [0.25, 0.3) is 0 Å². The quantitative estimate of drug-likeness (QED) is 0.345. The SMILES string of the molecule is CN(CCc1ccc(C(F)(F)F)nc1)[C@@H]1C[C@H](c2cccc(OC(F)(F)F)c2)N(c2ccc(C#N)cc2)C1=O. The molecule has 1 fully saturated rings. The fraction of sp³-hybridized carbons (Fsp3) is 0.296. The number of aromatic nitrogens is 1. The molecule has 0 radical (unpaired) electrons. The lowest BCUT2D eigenvalue weighted by Gasteiger charge is -2.26. The first-order chi connectivity index (χ1) is 18.4. The van der Waals surface area contributed by atoms with Crippen molar-refractivity contribution in [2.24, 2.45) is 0 Å². The summed E-state index contributed by atoms with van der Waals surface area (Å²) in [5.41, 5.74) is 0.827. The van der Waals surface area contributed by atoms with E-state index in [1.54, 1.807) is 30.1 Å². The molecule has 0 N–H and O–H groups in total. The molecule has 0 bridgehead atoms. The summed E-state index contributed by atoms with van der Waals surface area (Å²) in [4.78, 5) is 20.3. The molecule has 39 heavy (non-hydrogen) atoms. The van der Waals surface area contributed by atoms with Gasteiger partial charge in [-0.3, -0.25) is 14.7 Å². The van der Waals surface area contributed by atoms with Gasteiger partial charge in [0.1, 0.15) is 11.4 Å². The van der Waals surface area contributed by atoms with E-state index in [1.165, 1.54) is 41.3 Å². The van der Waals surface area contributed by atoms with Gasteiger partial charge in [0.05, 0.1) is 23.7 Å². The number of alkyl halides is 6. The molecule has 6 nitrogen and oxygen atoms in total. The van der Waals surface area contributed by atoms with Crippen molar-refractivity contribution >= 4 is 11.6 Å². The minimum atomic E-state index is -4.88. The third-order valence-electron chi connectivity index (χ3n) is 6.43. The van der Waals surface area contributed by atoms with Crippen LogP contribution in [0.3, 0.4) is 0 Å². The molecule has 0 saturated carbocycles. The van der Waals surface area contributed by atoms with Crippen LogP contribution in [-0.2, 0) is 17.4 Å². The lowest BCUT2D eigenvalue weighted by atomic mass is 10.0. The fourth-order valence-electron chi connectivity index (χ4n) is 4.51. The average Bonchev–Trinajstić information content (AvgIpc) is 3.23. The number of nitriles is 1. The van der Waals surface area contributed by atoms with E-state index >= 15 is 0 Å². The second kappa shape index (κ2) is 10.9.